The number of aliphatic hydroxyl groups is 3. The van der Waals surface area contributed by atoms with Gasteiger partial charge in [-0.1, -0.05) is 13.8 Å². The van der Waals surface area contributed by atoms with Crippen molar-refractivity contribution in [2.45, 2.75) is 45.3 Å². The second kappa shape index (κ2) is 3.95. The minimum absolute atomic E-state index is 0.150. The van der Waals surface area contributed by atoms with E-state index >= 15 is 0 Å². The summed E-state index contributed by atoms with van der Waals surface area (Å²) in [5, 5.41) is 28.2. The molecule has 0 saturated heterocycles. The Labute approximate surface area is 79.4 Å². The van der Waals surface area contributed by atoms with Gasteiger partial charge in [0.1, 0.15) is 0 Å². The van der Waals surface area contributed by atoms with Crippen LogP contribution in [0.3, 0.4) is 0 Å². The zero-order chi connectivity index (χ0) is 10.1. The predicted octanol–water partition coefficient (Wildman–Crippen LogP) is 0.527. The van der Waals surface area contributed by atoms with Gasteiger partial charge in [-0.05, 0) is 25.2 Å². The molecule has 3 nitrogen and oxygen atoms in total. The van der Waals surface area contributed by atoms with E-state index in [1.807, 2.05) is 13.8 Å². The lowest BCUT2D eigenvalue weighted by atomic mass is 9.85. The van der Waals surface area contributed by atoms with Crippen molar-refractivity contribution in [1.29, 1.82) is 0 Å². The van der Waals surface area contributed by atoms with Crippen molar-refractivity contribution in [3.8, 4) is 0 Å². The van der Waals surface area contributed by atoms with Crippen LogP contribution >= 0.6 is 0 Å². The molecular weight excluding hydrogens is 168 g/mol. The van der Waals surface area contributed by atoms with Gasteiger partial charge in [0.15, 0.2) is 0 Å². The monoisotopic (exact) mass is 188 g/mol. The Balaban J connectivity index is 2.52. The second-order valence-corrected chi connectivity index (χ2v) is 4.64. The van der Waals surface area contributed by atoms with Gasteiger partial charge in [0.05, 0.1) is 12.2 Å². The third kappa shape index (κ3) is 2.03. The topological polar surface area (TPSA) is 60.7 Å². The zero-order valence-corrected chi connectivity index (χ0v) is 8.40. The summed E-state index contributed by atoms with van der Waals surface area (Å²) in [6.07, 6.45) is 1.33. The molecule has 3 heteroatoms. The molecular formula is C10H20O3. The number of hydrogen-bond acceptors (Lipinski definition) is 3. The summed E-state index contributed by atoms with van der Waals surface area (Å²) in [5.74, 6) is 0.150. The van der Waals surface area contributed by atoms with Crippen LogP contribution in [0.15, 0.2) is 0 Å². The molecule has 78 valence electrons. The summed E-state index contributed by atoms with van der Waals surface area (Å²) in [5.41, 5.74) is -0.389. The fourth-order valence-electron chi connectivity index (χ4n) is 2.15. The van der Waals surface area contributed by atoms with Gasteiger partial charge >= 0.3 is 0 Å². The third-order valence-electron chi connectivity index (χ3n) is 3.33. The van der Waals surface area contributed by atoms with Gasteiger partial charge in [-0.15, -0.1) is 0 Å². The van der Waals surface area contributed by atoms with Crippen molar-refractivity contribution in [3.05, 3.63) is 0 Å². The summed E-state index contributed by atoms with van der Waals surface area (Å²) >= 11 is 0. The molecule has 0 unspecified atom stereocenters. The van der Waals surface area contributed by atoms with Gasteiger partial charge in [0.2, 0.25) is 0 Å². The summed E-state index contributed by atoms with van der Waals surface area (Å²) < 4.78 is 0. The molecule has 0 aromatic carbocycles. The normalized spacial score (nSPS) is 38.1. The van der Waals surface area contributed by atoms with Crippen molar-refractivity contribution in [2.24, 2.45) is 11.3 Å². The number of rotatable bonds is 3. The quantitative estimate of drug-likeness (QED) is 0.605. The first-order chi connectivity index (χ1) is 6.00. The van der Waals surface area contributed by atoms with Gasteiger partial charge < -0.3 is 15.3 Å². The van der Waals surface area contributed by atoms with E-state index in [0.717, 1.165) is 6.42 Å². The third-order valence-corrected chi connectivity index (χ3v) is 3.33. The minimum Gasteiger partial charge on any atom is -0.396 e. The molecule has 0 aliphatic heterocycles. The first-order valence-electron chi connectivity index (χ1n) is 4.97. The van der Waals surface area contributed by atoms with Gasteiger partial charge in [0.25, 0.3) is 0 Å². The molecule has 3 N–H and O–H groups in total. The highest BCUT2D eigenvalue weighted by molar-refractivity contribution is 4.97. The summed E-state index contributed by atoms with van der Waals surface area (Å²) in [7, 11) is 0. The van der Waals surface area contributed by atoms with Crippen LogP contribution in [-0.4, -0.2) is 34.1 Å². The first-order valence-corrected chi connectivity index (χ1v) is 4.97. The fourth-order valence-corrected chi connectivity index (χ4v) is 2.15. The van der Waals surface area contributed by atoms with Gasteiger partial charge in [-0.25, -0.2) is 0 Å². The Morgan fingerprint density at radius 2 is 1.92 bits per heavy atom. The molecule has 0 spiro atoms. The highest BCUT2D eigenvalue weighted by atomic mass is 16.3. The van der Waals surface area contributed by atoms with E-state index in [1.54, 1.807) is 0 Å². The second-order valence-electron chi connectivity index (χ2n) is 4.64. The van der Waals surface area contributed by atoms with E-state index in [1.165, 1.54) is 0 Å². The lowest BCUT2D eigenvalue weighted by molar-refractivity contribution is -0.00810. The Hall–Kier alpha value is -0.120. The average Bonchev–Trinajstić information content (AvgIpc) is 2.26. The molecule has 13 heavy (non-hydrogen) atoms. The molecule has 1 rings (SSSR count). The minimum atomic E-state index is -0.436. The van der Waals surface area contributed by atoms with Crippen LogP contribution in [-0.2, 0) is 0 Å². The maximum absolute atomic E-state index is 9.87. The molecule has 1 saturated carbocycles. The lowest BCUT2D eigenvalue weighted by Crippen LogP contribution is -2.34. The molecule has 0 aromatic heterocycles. The molecule has 1 fully saturated rings. The van der Waals surface area contributed by atoms with Crippen molar-refractivity contribution in [1.82, 2.24) is 0 Å². The summed E-state index contributed by atoms with van der Waals surface area (Å²) in [6.45, 7) is 3.95. The van der Waals surface area contributed by atoms with Crippen LogP contribution < -0.4 is 0 Å². The largest absolute Gasteiger partial charge is 0.396 e. The zero-order valence-electron chi connectivity index (χ0n) is 8.40. The van der Waals surface area contributed by atoms with Crippen LogP contribution in [0.2, 0.25) is 0 Å². The maximum atomic E-state index is 9.87. The molecule has 0 radical (unpaired) electrons. The predicted molar refractivity (Wildman–Crippen MR) is 50.2 cm³/mol. The standard InChI is InChI=1S/C10H20O3/c1-10(2)8(12)6-7(9(10)13)4-3-5-11/h7-9,11-13H,3-6H2,1-2H3/t7-,8-,9-/m1/s1. The summed E-state index contributed by atoms with van der Waals surface area (Å²) in [6, 6.07) is 0. The number of aliphatic hydroxyl groups excluding tert-OH is 3. The van der Waals surface area contributed by atoms with E-state index < -0.39 is 12.2 Å². The molecule has 0 aromatic rings. The first kappa shape index (κ1) is 11.0. The van der Waals surface area contributed by atoms with Crippen molar-refractivity contribution in [3.63, 3.8) is 0 Å². The van der Waals surface area contributed by atoms with Crippen molar-refractivity contribution >= 4 is 0 Å². The fraction of sp³-hybridized carbons (Fsp3) is 1.00. The Kier molecular flexibility index (Phi) is 3.33. The Morgan fingerprint density at radius 3 is 2.31 bits per heavy atom. The lowest BCUT2D eigenvalue weighted by Gasteiger charge is -2.27. The summed E-state index contributed by atoms with van der Waals surface area (Å²) in [4.78, 5) is 0. The van der Waals surface area contributed by atoms with Crippen molar-refractivity contribution < 1.29 is 15.3 Å². The maximum Gasteiger partial charge on any atom is 0.0644 e. The molecule has 1 aliphatic rings. The van der Waals surface area contributed by atoms with Crippen LogP contribution in [0.1, 0.15) is 33.1 Å². The van der Waals surface area contributed by atoms with E-state index in [4.69, 9.17) is 5.11 Å². The van der Waals surface area contributed by atoms with Crippen LogP contribution in [0, 0.1) is 11.3 Å². The van der Waals surface area contributed by atoms with E-state index in [-0.39, 0.29) is 17.9 Å². The van der Waals surface area contributed by atoms with Crippen LogP contribution in [0.4, 0.5) is 0 Å². The SMILES string of the molecule is CC1(C)[C@H](O)C[C@@H](CCCO)[C@H]1O. The Bertz CT molecular complexity index is 168. The van der Waals surface area contributed by atoms with Crippen molar-refractivity contribution in [2.75, 3.05) is 6.61 Å². The highest BCUT2D eigenvalue weighted by Crippen LogP contribution is 2.43. The van der Waals surface area contributed by atoms with Crippen LogP contribution in [0.5, 0.6) is 0 Å². The van der Waals surface area contributed by atoms with Crippen LogP contribution in [0.25, 0.3) is 0 Å². The molecule has 0 heterocycles. The molecule has 0 bridgehead atoms. The average molecular weight is 188 g/mol. The molecule has 3 atom stereocenters. The highest BCUT2D eigenvalue weighted by Gasteiger charge is 2.47. The van der Waals surface area contributed by atoms with E-state index in [0.29, 0.717) is 12.8 Å². The van der Waals surface area contributed by atoms with E-state index in [9.17, 15) is 10.2 Å². The van der Waals surface area contributed by atoms with Gasteiger partial charge in [0, 0.05) is 12.0 Å². The Morgan fingerprint density at radius 1 is 1.31 bits per heavy atom. The molecule has 0 amide bonds. The smallest absolute Gasteiger partial charge is 0.0644 e. The van der Waals surface area contributed by atoms with E-state index in [2.05, 4.69) is 0 Å². The number of hydrogen-bond donors (Lipinski definition) is 3. The molecule has 1 aliphatic carbocycles. The van der Waals surface area contributed by atoms with Gasteiger partial charge in [-0.2, -0.15) is 0 Å². The van der Waals surface area contributed by atoms with Gasteiger partial charge in [-0.3, -0.25) is 0 Å².